The molecule has 386 valence electrons. The summed E-state index contributed by atoms with van der Waals surface area (Å²) in [6, 6.07) is -0.845. The van der Waals surface area contributed by atoms with Crippen LogP contribution in [-0.2, 0) is 23.8 Å². The molecule has 11 nitrogen and oxygen atoms in total. The third kappa shape index (κ3) is 35.8. The molecule has 1 aliphatic heterocycles. The van der Waals surface area contributed by atoms with Crippen molar-refractivity contribution in [3.8, 4) is 0 Å². The van der Waals surface area contributed by atoms with E-state index in [1.807, 2.05) is 6.08 Å². The van der Waals surface area contributed by atoms with E-state index in [2.05, 4.69) is 79.9 Å². The Kier molecular flexibility index (Phi) is 42.2. The van der Waals surface area contributed by atoms with Crippen LogP contribution in [-0.4, -0.2) is 100 Å². The van der Waals surface area contributed by atoms with E-state index in [0.717, 1.165) is 116 Å². The van der Waals surface area contributed by atoms with Gasteiger partial charge in [-0.1, -0.05) is 164 Å². The number of nitrogens with one attached hydrogen (secondary N) is 1. The summed E-state index contributed by atoms with van der Waals surface area (Å²) in [5.41, 5.74) is 0. The van der Waals surface area contributed by atoms with Gasteiger partial charge in [0.05, 0.1) is 32.0 Å². The predicted octanol–water partition coefficient (Wildman–Crippen LogP) is 11.3. The molecule has 1 amide bonds. The average molecular weight is 944 g/mol. The van der Waals surface area contributed by atoms with E-state index in [4.69, 9.17) is 14.2 Å². The first-order chi connectivity index (χ1) is 32.7. The van der Waals surface area contributed by atoms with Crippen molar-refractivity contribution in [1.29, 1.82) is 0 Å². The number of amides is 1. The van der Waals surface area contributed by atoms with Gasteiger partial charge in [0.25, 0.3) is 0 Å². The van der Waals surface area contributed by atoms with Crippen LogP contribution in [0, 0.1) is 0 Å². The second-order valence-corrected chi connectivity index (χ2v) is 18.2. The minimum absolute atomic E-state index is 0.0581. The van der Waals surface area contributed by atoms with E-state index < -0.39 is 49.5 Å². The predicted molar refractivity (Wildman–Crippen MR) is 273 cm³/mol. The van der Waals surface area contributed by atoms with Gasteiger partial charge in [0.2, 0.25) is 5.91 Å². The maximum atomic E-state index is 13.0. The summed E-state index contributed by atoms with van der Waals surface area (Å²) in [5, 5.41) is 54.1. The number of hydrogen-bond acceptors (Lipinski definition) is 10. The molecule has 0 radical (unpaired) electrons. The summed E-state index contributed by atoms with van der Waals surface area (Å²) in [6.45, 7) is 4.14. The van der Waals surface area contributed by atoms with Crippen molar-refractivity contribution >= 4 is 11.9 Å². The number of carbonyl (C=O) groups excluding carboxylic acids is 2. The summed E-state index contributed by atoms with van der Waals surface area (Å²) in [7, 11) is 0. The monoisotopic (exact) mass is 944 g/mol. The zero-order chi connectivity index (χ0) is 48.8. The van der Waals surface area contributed by atoms with Crippen molar-refractivity contribution in [2.24, 2.45) is 0 Å². The molecule has 11 heteroatoms. The van der Waals surface area contributed by atoms with E-state index in [-0.39, 0.29) is 18.5 Å². The Morgan fingerprint density at radius 2 is 1.07 bits per heavy atom. The lowest BCUT2D eigenvalue weighted by atomic mass is 9.99. The van der Waals surface area contributed by atoms with Crippen LogP contribution in [0.1, 0.15) is 206 Å². The van der Waals surface area contributed by atoms with Crippen LogP contribution in [0.4, 0.5) is 0 Å². The lowest BCUT2D eigenvalue weighted by Gasteiger charge is -2.40. The Hall–Kier alpha value is -2.90. The molecule has 0 bridgehead atoms. The van der Waals surface area contributed by atoms with Gasteiger partial charge in [-0.3, -0.25) is 9.59 Å². The van der Waals surface area contributed by atoms with Gasteiger partial charge in [-0.15, -0.1) is 0 Å². The molecule has 0 aromatic rings. The van der Waals surface area contributed by atoms with E-state index in [1.165, 1.54) is 64.2 Å². The minimum Gasteiger partial charge on any atom is -0.466 e. The number of esters is 1. The van der Waals surface area contributed by atoms with Gasteiger partial charge in [0, 0.05) is 12.8 Å². The fraction of sp³-hybridized carbons (Fsp3) is 0.750. The quantitative estimate of drug-likeness (QED) is 0.0149. The van der Waals surface area contributed by atoms with Crippen molar-refractivity contribution < 1.29 is 49.3 Å². The molecular formula is C56H97NO10. The molecule has 0 aromatic heterocycles. The molecule has 7 atom stereocenters. The lowest BCUT2D eigenvalue weighted by Crippen LogP contribution is -2.60. The van der Waals surface area contributed by atoms with Crippen LogP contribution < -0.4 is 5.32 Å². The molecular weight excluding hydrogens is 847 g/mol. The maximum Gasteiger partial charge on any atom is 0.305 e. The zero-order valence-corrected chi connectivity index (χ0v) is 42.1. The van der Waals surface area contributed by atoms with E-state index >= 15 is 0 Å². The first-order valence-corrected chi connectivity index (χ1v) is 26.7. The van der Waals surface area contributed by atoms with Crippen molar-refractivity contribution in [2.75, 3.05) is 19.8 Å². The Morgan fingerprint density at radius 1 is 0.567 bits per heavy atom. The smallest absolute Gasteiger partial charge is 0.305 e. The van der Waals surface area contributed by atoms with Gasteiger partial charge in [0.1, 0.15) is 24.4 Å². The van der Waals surface area contributed by atoms with Crippen molar-refractivity contribution in [3.05, 3.63) is 72.9 Å². The van der Waals surface area contributed by atoms with E-state index in [1.54, 1.807) is 6.08 Å². The van der Waals surface area contributed by atoms with Crippen molar-refractivity contribution in [2.45, 2.75) is 249 Å². The average Bonchev–Trinajstić information content (AvgIpc) is 3.32. The number of carbonyl (C=O) groups is 2. The summed E-state index contributed by atoms with van der Waals surface area (Å²) >= 11 is 0. The second kappa shape index (κ2) is 45.5. The first-order valence-electron chi connectivity index (χ1n) is 26.7. The molecule has 1 heterocycles. The van der Waals surface area contributed by atoms with Crippen molar-refractivity contribution in [1.82, 2.24) is 5.32 Å². The van der Waals surface area contributed by atoms with Crippen molar-refractivity contribution in [3.63, 3.8) is 0 Å². The Morgan fingerprint density at radius 3 is 1.70 bits per heavy atom. The number of unbranched alkanes of at least 4 members (excludes halogenated alkanes) is 21. The molecule has 1 aliphatic rings. The number of hydrogen-bond donors (Lipinski definition) is 6. The standard InChI is InChI=1S/C56H97NO10/c1-3-5-7-9-11-13-15-16-21-24-28-32-36-40-44-52(61)65-45-41-37-33-29-25-22-19-17-18-20-23-27-31-35-39-43-51(60)57-48(47-66-56-55(64)54(63)53(62)50(46-58)67-56)49(59)42-38-34-30-26-14-12-10-8-6-4-2/h9,11,14-17,19,22,25-26,38,42,48-50,53-56,58-59,62-64H,3-8,10,12-13,18,20-21,23-24,27-37,39-41,43-47H2,1-2H3,(H,57,60)/b11-9-,16-15-,19-17-,25-22-,26-14+,42-38+. The minimum atomic E-state index is -1.59. The van der Waals surface area contributed by atoms with Crippen LogP contribution in [0.25, 0.3) is 0 Å². The van der Waals surface area contributed by atoms with Gasteiger partial charge < -0.3 is 45.1 Å². The molecule has 0 spiro atoms. The van der Waals surface area contributed by atoms with Crippen LogP contribution in [0.3, 0.4) is 0 Å². The molecule has 7 unspecified atom stereocenters. The van der Waals surface area contributed by atoms with Crippen LogP contribution in [0.15, 0.2) is 72.9 Å². The van der Waals surface area contributed by atoms with Crippen LogP contribution in [0.2, 0.25) is 0 Å². The summed E-state index contributed by atoms with van der Waals surface area (Å²) < 4.78 is 16.6. The Balaban J connectivity index is 2.17. The highest BCUT2D eigenvalue weighted by Crippen LogP contribution is 2.22. The second-order valence-electron chi connectivity index (χ2n) is 18.2. The summed E-state index contributed by atoms with van der Waals surface area (Å²) in [4.78, 5) is 25.0. The highest BCUT2D eigenvalue weighted by molar-refractivity contribution is 5.76. The highest BCUT2D eigenvalue weighted by atomic mass is 16.7. The number of ether oxygens (including phenoxy) is 3. The van der Waals surface area contributed by atoms with E-state index in [0.29, 0.717) is 19.4 Å². The van der Waals surface area contributed by atoms with E-state index in [9.17, 15) is 35.1 Å². The zero-order valence-electron chi connectivity index (χ0n) is 42.1. The third-order valence-electron chi connectivity index (χ3n) is 12.0. The third-order valence-corrected chi connectivity index (χ3v) is 12.0. The first kappa shape index (κ1) is 62.1. The van der Waals surface area contributed by atoms with Gasteiger partial charge in [-0.2, -0.15) is 0 Å². The molecule has 67 heavy (non-hydrogen) atoms. The number of aliphatic hydroxyl groups excluding tert-OH is 5. The number of allylic oxidation sites excluding steroid dienone is 11. The molecule has 0 aromatic carbocycles. The van der Waals surface area contributed by atoms with Gasteiger partial charge in [-0.05, 0) is 103 Å². The normalized spacial score (nSPS) is 20.1. The molecule has 0 aliphatic carbocycles. The largest absolute Gasteiger partial charge is 0.466 e. The van der Waals surface area contributed by atoms with Crippen LogP contribution >= 0.6 is 0 Å². The van der Waals surface area contributed by atoms with Gasteiger partial charge in [0.15, 0.2) is 6.29 Å². The molecule has 1 saturated heterocycles. The maximum absolute atomic E-state index is 13.0. The SMILES string of the molecule is CCCC/C=C\C/C=C\CCCCCCCC(=O)OCCCCC/C=C\C=C/CCCCCCCCC(=O)NC(COC1OC(CO)C(O)C(O)C1O)C(O)/C=C/CC/C=C/CCCCCC. The van der Waals surface area contributed by atoms with Gasteiger partial charge >= 0.3 is 5.97 Å². The highest BCUT2D eigenvalue weighted by Gasteiger charge is 2.44. The Labute approximate surface area is 407 Å². The number of rotatable bonds is 44. The summed E-state index contributed by atoms with van der Waals surface area (Å²) in [6.07, 6.45) is 48.5. The van der Waals surface area contributed by atoms with Gasteiger partial charge in [-0.25, -0.2) is 0 Å². The van der Waals surface area contributed by atoms with Crippen LogP contribution in [0.5, 0.6) is 0 Å². The molecule has 0 saturated carbocycles. The molecule has 1 rings (SSSR count). The number of aliphatic hydroxyl groups is 5. The fourth-order valence-electron chi connectivity index (χ4n) is 7.69. The lowest BCUT2D eigenvalue weighted by molar-refractivity contribution is -0.302. The molecule has 1 fully saturated rings. The topological polar surface area (TPSA) is 175 Å². The summed E-state index contributed by atoms with van der Waals surface area (Å²) in [5.74, 6) is -0.278. The molecule has 6 N–H and O–H groups in total. The Bertz CT molecular complexity index is 1340. The fourth-order valence-corrected chi connectivity index (χ4v) is 7.69.